The van der Waals surface area contributed by atoms with Crippen LogP contribution in [0.5, 0.6) is 0 Å². The Morgan fingerprint density at radius 1 is 0.741 bits per heavy atom. The molecular formula is C26H34N+. The summed E-state index contributed by atoms with van der Waals surface area (Å²) in [5.74, 6) is 0. The maximum Gasteiger partial charge on any atom is 0.220 e. The van der Waals surface area contributed by atoms with Crippen LogP contribution in [0.15, 0.2) is 42.6 Å². The van der Waals surface area contributed by atoms with Crippen LogP contribution in [0.3, 0.4) is 0 Å². The lowest BCUT2D eigenvalue weighted by Gasteiger charge is -2.22. The number of fused-ring (bicyclic) bond motifs is 1. The second-order valence-electron chi connectivity index (χ2n) is 10.0. The largest absolute Gasteiger partial charge is 0.220 e. The first kappa shape index (κ1) is 19.6. The number of pyridine rings is 1. The molecule has 0 fully saturated rings. The lowest BCUT2D eigenvalue weighted by Crippen LogP contribution is -2.31. The van der Waals surface area contributed by atoms with Crippen molar-refractivity contribution in [3.05, 3.63) is 64.8 Å². The Morgan fingerprint density at radius 3 is 1.96 bits per heavy atom. The van der Waals surface area contributed by atoms with E-state index >= 15 is 0 Å². The topological polar surface area (TPSA) is 3.88 Å². The summed E-state index contributed by atoms with van der Waals surface area (Å²) in [6, 6.07) is 13.9. The number of aromatic nitrogens is 1. The van der Waals surface area contributed by atoms with E-state index in [1.807, 2.05) is 0 Å². The van der Waals surface area contributed by atoms with Crippen LogP contribution in [0.2, 0.25) is 0 Å². The molecule has 0 N–H and O–H groups in total. The van der Waals surface area contributed by atoms with E-state index in [2.05, 4.69) is 110 Å². The van der Waals surface area contributed by atoms with Gasteiger partial charge in [0.2, 0.25) is 5.69 Å². The van der Waals surface area contributed by atoms with Crippen LogP contribution in [0.4, 0.5) is 0 Å². The summed E-state index contributed by atoms with van der Waals surface area (Å²) < 4.78 is 2.27. The van der Waals surface area contributed by atoms with Gasteiger partial charge in [-0.2, -0.15) is 0 Å². The first-order valence-electron chi connectivity index (χ1n) is 9.94. The minimum absolute atomic E-state index is 0.135. The predicted octanol–water partition coefficient (Wildman–Crippen LogP) is 6.54. The molecule has 0 aliphatic carbocycles. The zero-order valence-corrected chi connectivity index (χ0v) is 18.5. The predicted molar refractivity (Wildman–Crippen MR) is 117 cm³/mol. The summed E-state index contributed by atoms with van der Waals surface area (Å²) in [5, 5.41) is 2.63. The highest BCUT2D eigenvalue weighted by atomic mass is 14.9. The van der Waals surface area contributed by atoms with Gasteiger partial charge >= 0.3 is 0 Å². The zero-order valence-electron chi connectivity index (χ0n) is 18.5. The van der Waals surface area contributed by atoms with E-state index in [9.17, 15) is 0 Å². The molecule has 0 atom stereocenters. The number of aryl methyl sites for hydroxylation is 2. The third kappa shape index (κ3) is 3.65. The minimum Gasteiger partial charge on any atom is -0.200 e. The van der Waals surface area contributed by atoms with E-state index in [-0.39, 0.29) is 10.8 Å². The van der Waals surface area contributed by atoms with Crippen molar-refractivity contribution in [1.82, 2.24) is 0 Å². The van der Waals surface area contributed by atoms with E-state index < -0.39 is 0 Å². The molecule has 0 bridgehead atoms. The first-order valence-corrected chi connectivity index (χ1v) is 9.94. The van der Waals surface area contributed by atoms with Gasteiger partial charge in [-0.15, -0.1) is 0 Å². The first-order chi connectivity index (χ1) is 12.4. The monoisotopic (exact) mass is 360 g/mol. The van der Waals surface area contributed by atoms with E-state index in [1.54, 1.807) is 0 Å². The molecule has 0 spiro atoms. The van der Waals surface area contributed by atoms with Crippen molar-refractivity contribution in [3.63, 3.8) is 0 Å². The van der Waals surface area contributed by atoms with Gasteiger partial charge < -0.3 is 0 Å². The van der Waals surface area contributed by atoms with Gasteiger partial charge in [-0.25, -0.2) is 4.57 Å². The van der Waals surface area contributed by atoms with Crippen molar-refractivity contribution in [3.8, 4) is 11.3 Å². The fourth-order valence-corrected chi connectivity index (χ4v) is 3.71. The van der Waals surface area contributed by atoms with Crippen molar-refractivity contribution in [1.29, 1.82) is 0 Å². The van der Waals surface area contributed by atoms with Crippen molar-refractivity contribution >= 4 is 10.8 Å². The molecule has 1 heterocycles. The molecule has 1 heteroatoms. The molecule has 0 aliphatic heterocycles. The lowest BCUT2D eigenvalue weighted by atomic mass is 9.82. The number of hydrogen-bond donors (Lipinski definition) is 0. The molecule has 3 rings (SSSR count). The van der Waals surface area contributed by atoms with Gasteiger partial charge in [0.25, 0.3) is 0 Å². The Labute approximate surface area is 165 Å². The molecule has 0 unspecified atom stereocenters. The number of benzene rings is 2. The van der Waals surface area contributed by atoms with Gasteiger partial charge in [0.15, 0.2) is 6.20 Å². The number of rotatable bonds is 1. The highest BCUT2D eigenvalue weighted by Crippen LogP contribution is 2.35. The summed E-state index contributed by atoms with van der Waals surface area (Å²) in [7, 11) is 2.16. The van der Waals surface area contributed by atoms with Crippen LogP contribution >= 0.6 is 0 Å². The molecular weight excluding hydrogens is 326 g/mol. The molecule has 142 valence electrons. The van der Waals surface area contributed by atoms with E-state index in [4.69, 9.17) is 0 Å². The van der Waals surface area contributed by atoms with Gasteiger partial charge in [0, 0.05) is 6.07 Å². The van der Waals surface area contributed by atoms with Crippen LogP contribution in [0.1, 0.15) is 63.8 Å². The van der Waals surface area contributed by atoms with Crippen molar-refractivity contribution < 1.29 is 4.57 Å². The van der Waals surface area contributed by atoms with E-state index in [0.717, 1.165) is 0 Å². The van der Waals surface area contributed by atoms with Crippen LogP contribution < -0.4 is 4.57 Å². The highest BCUT2D eigenvalue weighted by Gasteiger charge is 2.23. The average molecular weight is 361 g/mol. The van der Waals surface area contributed by atoms with Gasteiger partial charge in [-0.05, 0) is 64.5 Å². The number of hydrogen-bond acceptors (Lipinski definition) is 0. The third-order valence-electron chi connectivity index (χ3n) is 5.79. The Hall–Kier alpha value is -2.15. The van der Waals surface area contributed by atoms with Crippen LogP contribution in [-0.2, 0) is 17.9 Å². The van der Waals surface area contributed by atoms with Crippen LogP contribution in [0.25, 0.3) is 22.0 Å². The molecule has 0 saturated carbocycles. The second kappa shape index (κ2) is 6.48. The summed E-state index contributed by atoms with van der Waals surface area (Å²) in [5.41, 5.74) is 8.44. The SMILES string of the molecule is Cc1cc(C(C)(C)C)cc(-c2c3ccc(C(C)(C)C)cc3cc[n+]2C)c1C. The number of nitrogens with zero attached hydrogens (tertiary/aromatic N) is 1. The van der Waals surface area contributed by atoms with Crippen molar-refractivity contribution in [2.45, 2.75) is 66.2 Å². The quantitative estimate of drug-likeness (QED) is 0.434. The smallest absolute Gasteiger partial charge is 0.200 e. The Bertz CT molecular complexity index is 1010. The lowest BCUT2D eigenvalue weighted by molar-refractivity contribution is -0.659. The van der Waals surface area contributed by atoms with Crippen LogP contribution in [-0.4, -0.2) is 0 Å². The molecule has 0 aliphatic rings. The maximum atomic E-state index is 2.40. The molecule has 3 aromatic rings. The zero-order chi connectivity index (χ0) is 20.1. The average Bonchev–Trinajstić information content (AvgIpc) is 2.55. The third-order valence-corrected chi connectivity index (χ3v) is 5.79. The van der Waals surface area contributed by atoms with Gasteiger partial charge in [-0.3, -0.25) is 0 Å². The summed E-state index contributed by atoms with van der Waals surface area (Å²) in [6.07, 6.45) is 2.20. The Balaban J connectivity index is 2.35. The fraction of sp³-hybridized carbons (Fsp3) is 0.423. The standard InChI is InChI=1S/C26H34N/c1-17-14-21(26(6,7)8)16-23(18(17)2)24-22-11-10-20(25(3,4)5)15-19(22)12-13-27(24)9/h10-16H,1-9H3/q+1. The van der Waals surface area contributed by atoms with Gasteiger partial charge in [-0.1, -0.05) is 59.7 Å². The molecule has 2 aromatic carbocycles. The highest BCUT2D eigenvalue weighted by molar-refractivity contribution is 5.94. The molecule has 0 saturated heterocycles. The summed E-state index contributed by atoms with van der Waals surface area (Å²) in [4.78, 5) is 0. The van der Waals surface area contributed by atoms with Crippen molar-refractivity contribution in [2.24, 2.45) is 7.05 Å². The van der Waals surface area contributed by atoms with E-state index in [1.165, 1.54) is 44.3 Å². The molecule has 0 amide bonds. The van der Waals surface area contributed by atoms with Crippen molar-refractivity contribution in [2.75, 3.05) is 0 Å². The van der Waals surface area contributed by atoms with E-state index in [0.29, 0.717) is 0 Å². The normalized spacial score (nSPS) is 12.6. The fourth-order valence-electron chi connectivity index (χ4n) is 3.71. The minimum atomic E-state index is 0.135. The Morgan fingerprint density at radius 2 is 1.37 bits per heavy atom. The summed E-state index contributed by atoms with van der Waals surface area (Å²) >= 11 is 0. The molecule has 27 heavy (non-hydrogen) atoms. The summed E-state index contributed by atoms with van der Waals surface area (Å²) in [6.45, 7) is 18.2. The van der Waals surface area contributed by atoms with Gasteiger partial charge in [0.05, 0.1) is 10.9 Å². The van der Waals surface area contributed by atoms with Crippen LogP contribution in [0, 0.1) is 13.8 Å². The molecule has 0 radical (unpaired) electrons. The van der Waals surface area contributed by atoms with Gasteiger partial charge in [0.1, 0.15) is 7.05 Å². The Kier molecular flexibility index (Phi) is 4.70. The molecule has 1 aromatic heterocycles. The second-order valence-corrected chi connectivity index (χ2v) is 10.0. The maximum absolute atomic E-state index is 2.40. The molecule has 1 nitrogen and oxygen atoms in total.